The highest BCUT2D eigenvalue weighted by Crippen LogP contribution is 2.36. The van der Waals surface area contributed by atoms with Crippen LogP contribution in [0.4, 0.5) is 25.8 Å². The van der Waals surface area contributed by atoms with Gasteiger partial charge in [0.05, 0.1) is 35.7 Å². The minimum Gasteiger partial charge on any atom is -0.496 e. The first-order valence-corrected chi connectivity index (χ1v) is 12.2. The first kappa shape index (κ1) is 26.1. The fourth-order valence-corrected chi connectivity index (χ4v) is 4.37. The second-order valence-corrected chi connectivity index (χ2v) is 8.94. The highest BCUT2D eigenvalue weighted by atomic mass is 19.1. The van der Waals surface area contributed by atoms with Crippen molar-refractivity contribution in [3.8, 4) is 11.8 Å². The van der Waals surface area contributed by atoms with E-state index in [1.54, 1.807) is 42.5 Å². The fraction of sp³-hybridized carbons (Fsp3) is 0.0645. The highest BCUT2D eigenvalue weighted by molar-refractivity contribution is 6.32. The third kappa shape index (κ3) is 5.37. The molecule has 0 spiro atoms. The number of halogens is 2. The number of nitrogens with zero attached hydrogens (tertiary/aromatic N) is 1. The van der Waals surface area contributed by atoms with Crippen LogP contribution < -0.4 is 20.7 Å². The first-order chi connectivity index (χ1) is 19.4. The molecule has 0 amide bonds. The first-order valence-electron chi connectivity index (χ1n) is 12.2. The Kier molecular flexibility index (Phi) is 7.25. The average Bonchev–Trinajstić information content (AvgIpc) is 3.38. The number of anilines is 3. The Morgan fingerprint density at radius 2 is 1.62 bits per heavy atom. The molecule has 3 N–H and O–H groups in total. The second kappa shape index (κ2) is 11.1. The zero-order valence-corrected chi connectivity index (χ0v) is 21.2. The van der Waals surface area contributed by atoms with Gasteiger partial charge in [0, 0.05) is 23.9 Å². The molecule has 1 heterocycles. The third-order valence-electron chi connectivity index (χ3n) is 6.27. The molecule has 5 rings (SSSR count). The van der Waals surface area contributed by atoms with Crippen molar-refractivity contribution < 1.29 is 23.1 Å². The predicted octanol–water partition coefficient (Wildman–Crippen LogP) is 6.27. The average molecular weight is 537 g/mol. The van der Waals surface area contributed by atoms with Crippen LogP contribution in [0, 0.1) is 23.0 Å². The smallest absolute Gasteiger partial charge is 0.204 e. The molecule has 1 aliphatic rings. The molecule has 198 valence electrons. The van der Waals surface area contributed by atoms with E-state index in [0.29, 0.717) is 29.5 Å². The zero-order valence-electron chi connectivity index (χ0n) is 21.2. The highest BCUT2D eigenvalue weighted by Gasteiger charge is 2.31. The van der Waals surface area contributed by atoms with Crippen molar-refractivity contribution in [1.29, 1.82) is 5.26 Å². The normalized spacial score (nSPS) is 12.8. The van der Waals surface area contributed by atoms with E-state index >= 15 is 0 Å². The number of hydrogen-bond acceptors (Lipinski definition) is 7. The number of rotatable bonds is 8. The Hall–Kier alpha value is -5.49. The maximum atomic E-state index is 14.0. The van der Waals surface area contributed by atoms with Crippen LogP contribution in [-0.2, 0) is 6.54 Å². The summed E-state index contributed by atoms with van der Waals surface area (Å²) in [4.78, 5) is 27.4. The molecule has 7 nitrogen and oxygen atoms in total. The molecule has 0 fully saturated rings. The number of allylic oxidation sites excluding steroid dienone is 1. The third-order valence-corrected chi connectivity index (χ3v) is 6.27. The van der Waals surface area contributed by atoms with Crippen LogP contribution >= 0.6 is 0 Å². The maximum absolute atomic E-state index is 14.0. The van der Waals surface area contributed by atoms with Gasteiger partial charge in [-0.05, 0) is 60.2 Å². The number of carbonyl (C=O) groups excluding carboxylic acids is 2. The van der Waals surface area contributed by atoms with Gasteiger partial charge in [-0.25, -0.2) is 8.78 Å². The van der Waals surface area contributed by atoms with Gasteiger partial charge in [0.25, 0.3) is 0 Å². The number of hydrogen-bond donors (Lipinski definition) is 3. The summed E-state index contributed by atoms with van der Waals surface area (Å²) in [5, 5.41) is 18.5. The van der Waals surface area contributed by atoms with Crippen LogP contribution in [0.15, 0.2) is 96.3 Å². The maximum Gasteiger partial charge on any atom is 0.204 e. The molecule has 0 saturated carbocycles. The zero-order chi connectivity index (χ0) is 28.2. The lowest BCUT2D eigenvalue weighted by Crippen LogP contribution is -2.21. The van der Waals surface area contributed by atoms with Gasteiger partial charge in [0.15, 0.2) is 0 Å². The molecule has 0 unspecified atom stereocenters. The van der Waals surface area contributed by atoms with E-state index in [-0.39, 0.29) is 28.3 Å². The molecule has 4 aromatic carbocycles. The van der Waals surface area contributed by atoms with E-state index in [4.69, 9.17) is 10.00 Å². The van der Waals surface area contributed by atoms with E-state index in [9.17, 15) is 18.4 Å². The molecule has 0 aliphatic carbocycles. The SMILES string of the molecule is COc1ccccc1C(=O)C(C(=O)c1cc(F)cc(F)c1)=C1Nc2ccc(NCc3cccc(C#N)c3)cc2N1. The monoisotopic (exact) mass is 536 g/mol. The number of para-hydroxylation sites is 1. The van der Waals surface area contributed by atoms with Gasteiger partial charge in [-0.2, -0.15) is 5.26 Å². The van der Waals surface area contributed by atoms with Gasteiger partial charge in [-0.3, -0.25) is 9.59 Å². The summed E-state index contributed by atoms with van der Waals surface area (Å²) in [6.07, 6.45) is 0. The van der Waals surface area contributed by atoms with Gasteiger partial charge in [0.2, 0.25) is 11.6 Å². The molecule has 0 aromatic heterocycles. The topological polar surface area (TPSA) is 103 Å². The Bertz CT molecular complexity index is 1710. The van der Waals surface area contributed by atoms with E-state index in [1.807, 2.05) is 18.2 Å². The van der Waals surface area contributed by atoms with Crippen molar-refractivity contribution in [3.63, 3.8) is 0 Å². The standard InChI is InChI=1S/C31H22F2N4O3/c1-40-27-8-3-2-7-24(27)30(39)28(29(38)20-12-21(32)14-22(33)13-20)31-36-25-10-9-23(15-26(25)37-31)35-17-19-6-4-5-18(11-19)16-34/h2-15,35-37H,17H2,1H3. The van der Waals surface area contributed by atoms with Crippen molar-refractivity contribution >= 4 is 28.6 Å². The Morgan fingerprint density at radius 1 is 0.875 bits per heavy atom. The van der Waals surface area contributed by atoms with E-state index in [1.165, 1.54) is 13.2 Å². The van der Waals surface area contributed by atoms with E-state index < -0.39 is 23.2 Å². The summed E-state index contributed by atoms with van der Waals surface area (Å²) >= 11 is 0. The lowest BCUT2D eigenvalue weighted by molar-refractivity contribution is 0.0959. The molecule has 0 atom stereocenters. The van der Waals surface area contributed by atoms with E-state index in [2.05, 4.69) is 22.0 Å². The van der Waals surface area contributed by atoms with Crippen molar-refractivity contribution in [2.75, 3.05) is 23.1 Å². The van der Waals surface area contributed by atoms with Crippen LogP contribution in [0.3, 0.4) is 0 Å². The molecular formula is C31H22F2N4O3. The molecule has 4 aromatic rings. The van der Waals surface area contributed by atoms with Crippen LogP contribution in [0.5, 0.6) is 5.75 Å². The molecule has 0 saturated heterocycles. The molecule has 0 bridgehead atoms. The van der Waals surface area contributed by atoms with Gasteiger partial charge in [-0.1, -0.05) is 24.3 Å². The quantitative estimate of drug-likeness (QED) is 0.106. The Labute approximate surface area is 228 Å². The largest absolute Gasteiger partial charge is 0.496 e. The lowest BCUT2D eigenvalue weighted by Gasteiger charge is -2.13. The summed E-state index contributed by atoms with van der Waals surface area (Å²) in [6.45, 7) is 0.464. The molecule has 40 heavy (non-hydrogen) atoms. The lowest BCUT2D eigenvalue weighted by atomic mass is 9.94. The molecule has 0 radical (unpaired) electrons. The predicted molar refractivity (Wildman–Crippen MR) is 147 cm³/mol. The van der Waals surface area contributed by atoms with E-state index in [0.717, 1.165) is 23.4 Å². The van der Waals surface area contributed by atoms with Crippen molar-refractivity contribution in [3.05, 3.63) is 130 Å². The summed E-state index contributed by atoms with van der Waals surface area (Å²) < 4.78 is 33.3. The number of nitrogens with one attached hydrogen (secondary N) is 3. The number of Topliss-reactive ketones (excluding diaryl/α,β-unsaturated/α-hetero) is 2. The van der Waals surface area contributed by atoms with Gasteiger partial charge in [-0.15, -0.1) is 0 Å². The van der Waals surface area contributed by atoms with Crippen molar-refractivity contribution in [2.24, 2.45) is 0 Å². The summed E-state index contributed by atoms with van der Waals surface area (Å²) in [5.74, 6) is -3.13. The van der Waals surface area contributed by atoms with Gasteiger partial charge >= 0.3 is 0 Å². The minimum absolute atomic E-state index is 0.0689. The minimum atomic E-state index is -0.941. The van der Waals surface area contributed by atoms with Gasteiger partial charge in [0.1, 0.15) is 28.8 Å². The molecule has 1 aliphatic heterocycles. The molecular weight excluding hydrogens is 514 g/mol. The number of fused-ring (bicyclic) bond motifs is 1. The molecule has 9 heteroatoms. The summed E-state index contributed by atoms with van der Waals surface area (Å²) in [7, 11) is 1.40. The fourth-order valence-electron chi connectivity index (χ4n) is 4.37. The number of ether oxygens (including phenoxy) is 1. The number of benzene rings is 4. The number of nitriles is 1. The summed E-state index contributed by atoms with van der Waals surface area (Å²) in [6, 6.07) is 23.5. The number of carbonyl (C=O) groups is 2. The van der Waals surface area contributed by atoms with Crippen LogP contribution in [-0.4, -0.2) is 18.7 Å². The van der Waals surface area contributed by atoms with Crippen molar-refractivity contribution in [1.82, 2.24) is 0 Å². The van der Waals surface area contributed by atoms with Crippen LogP contribution in [0.2, 0.25) is 0 Å². The Morgan fingerprint density at radius 3 is 2.38 bits per heavy atom. The Balaban J connectivity index is 1.50. The van der Waals surface area contributed by atoms with Crippen molar-refractivity contribution in [2.45, 2.75) is 6.54 Å². The second-order valence-electron chi connectivity index (χ2n) is 8.94. The van der Waals surface area contributed by atoms with Crippen LogP contribution in [0.25, 0.3) is 0 Å². The number of ketones is 2. The number of methoxy groups -OCH3 is 1. The summed E-state index contributed by atoms with van der Waals surface area (Å²) in [5.41, 5.74) is 2.85. The van der Waals surface area contributed by atoms with Gasteiger partial charge < -0.3 is 20.7 Å². The van der Waals surface area contributed by atoms with Crippen LogP contribution in [0.1, 0.15) is 31.8 Å².